The second-order valence-electron chi connectivity index (χ2n) is 16.1. The van der Waals surface area contributed by atoms with E-state index in [1.807, 2.05) is 0 Å². The van der Waals surface area contributed by atoms with Crippen molar-refractivity contribution >= 4 is 71.2 Å². The van der Waals surface area contributed by atoms with E-state index in [9.17, 15) is 0 Å². The van der Waals surface area contributed by atoms with Crippen LogP contribution in [0.15, 0.2) is 243 Å². The Kier molecular flexibility index (Phi) is 8.53. The highest BCUT2D eigenvalue weighted by Crippen LogP contribution is 2.46. The fourth-order valence-electron chi connectivity index (χ4n) is 9.56. The van der Waals surface area contributed by atoms with Gasteiger partial charge in [-0.3, -0.25) is 0 Å². The molecule has 62 heavy (non-hydrogen) atoms. The molecule has 0 spiro atoms. The summed E-state index contributed by atoms with van der Waals surface area (Å²) in [6.07, 6.45) is 0. The van der Waals surface area contributed by atoms with Gasteiger partial charge in [-0.2, -0.15) is 0 Å². The quantitative estimate of drug-likeness (QED) is 0.156. The van der Waals surface area contributed by atoms with Gasteiger partial charge in [0.2, 0.25) is 0 Å². The Balaban J connectivity index is 1.07. The smallest absolute Gasteiger partial charge is 0.0546 e. The second-order valence-corrected chi connectivity index (χ2v) is 16.1. The third kappa shape index (κ3) is 6.04. The third-order valence-corrected chi connectivity index (χ3v) is 12.6. The lowest BCUT2D eigenvalue weighted by atomic mass is 9.94. The average molecular weight is 789 g/mol. The first-order valence-corrected chi connectivity index (χ1v) is 21.3. The maximum absolute atomic E-state index is 2.47. The van der Waals surface area contributed by atoms with Crippen LogP contribution in [-0.4, -0.2) is 4.57 Å². The molecule has 0 atom stereocenters. The SMILES string of the molecule is c1ccc(-n2c3ccccc3c3ccccc32)c(-c2ccc(N(c3cc(-c4ccc5ccccc5c4)ccc3-c3ccc4ccccc4c3)c3cccc4ccccc34)cc2)c1. The fraction of sp³-hybridized carbons (Fsp3) is 0. The van der Waals surface area contributed by atoms with Crippen LogP contribution >= 0.6 is 0 Å². The van der Waals surface area contributed by atoms with Crippen LogP contribution < -0.4 is 4.90 Å². The molecule has 0 saturated heterocycles. The molecule has 0 saturated carbocycles. The molecule has 0 unspecified atom stereocenters. The molecule has 1 aromatic heterocycles. The van der Waals surface area contributed by atoms with Gasteiger partial charge >= 0.3 is 0 Å². The van der Waals surface area contributed by atoms with Gasteiger partial charge in [-0.25, -0.2) is 0 Å². The van der Waals surface area contributed by atoms with Gasteiger partial charge in [0, 0.05) is 33.0 Å². The Morgan fingerprint density at radius 2 is 0.774 bits per heavy atom. The Labute approximate surface area is 360 Å². The summed E-state index contributed by atoms with van der Waals surface area (Å²) in [6.45, 7) is 0. The zero-order valence-corrected chi connectivity index (χ0v) is 34.0. The van der Waals surface area contributed by atoms with Gasteiger partial charge in [-0.05, 0) is 104 Å². The Hall–Kier alpha value is -8.20. The molecule has 2 heteroatoms. The van der Waals surface area contributed by atoms with E-state index < -0.39 is 0 Å². The van der Waals surface area contributed by atoms with Crippen molar-refractivity contribution in [2.75, 3.05) is 4.90 Å². The zero-order valence-electron chi connectivity index (χ0n) is 34.0. The van der Waals surface area contributed by atoms with Crippen molar-refractivity contribution in [3.05, 3.63) is 243 Å². The second kappa shape index (κ2) is 14.8. The molecule has 0 aliphatic carbocycles. The molecular formula is C60H40N2. The minimum Gasteiger partial charge on any atom is -0.309 e. The molecule has 0 N–H and O–H groups in total. The number of aromatic nitrogens is 1. The van der Waals surface area contributed by atoms with E-state index in [1.54, 1.807) is 0 Å². The maximum Gasteiger partial charge on any atom is 0.0546 e. The Morgan fingerprint density at radius 3 is 1.48 bits per heavy atom. The maximum atomic E-state index is 2.47. The van der Waals surface area contributed by atoms with Crippen LogP contribution in [0, 0.1) is 0 Å². The summed E-state index contributed by atoms with van der Waals surface area (Å²) in [4.78, 5) is 2.47. The molecule has 2 nitrogen and oxygen atoms in total. The van der Waals surface area contributed by atoms with E-state index in [-0.39, 0.29) is 0 Å². The van der Waals surface area contributed by atoms with Gasteiger partial charge in [-0.1, -0.05) is 188 Å². The van der Waals surface area contributed by atoms with Gasteiger partial charge in [0.1, 0.15) is 0 Å². The van der Waals surface area contributed by atoms with Crippen LogP contribution in [0.1, 0.15) is 0 Å². The first-order valence-electron chi connectivity index (χ1n) is 21.3. The van der Waals surface area contributed by atoms with Crippen molar-refractivity contribution in [3.63, 3.8) is 0 Å². The number of rotatable bonds is 7. The van der Waals surface area contributed by atoms with Gasteiger partial charge in [0.25, 0.3) is 0 Å². The highest BCUT2D eigenvalue weighted by molar-refractivity contribution is 6.10. The first kappa shape index (κ1) is 35.7. The molecule has 0 aliphatic heterocycles. The number of nitrogens with zero attached hydrogens (tertiary/aromatic N) is 2. The summed E-state index contributed by atoms with van der Waals surface area (Å²) in [5.74, 6) is 0. The van der Waals surface area contributed by atoms with E-state index >= 15 is 0 Å². The summed E-state index contributed by atoms with van der Waals surface area (Å²) in [5, 5.41) is 9.82. The van der Waals surface area contributed by atoms with E-state index in [0.717, 1.165) is 39.4 Å². The van der Waals surface area contributed by atoms with Gasteiger partial charge in [0.15, 0.2) is 0 Å². The molecule has 12 aromatic rings. The number of para-hydroxylation sites is 3. The van der Waals surface area contributed by atoms with Crippen molar-refractivity contribution in [2.24, 2.45) is 0 Å². The molecule has 0 radical (unpaired) electrons. The standard InChI is InChI=1S/C60H40N2/c1-3-17-45-38-47(30-28-41(45)14-1)48-34-37-53(49-31-29-42-15-2-4-18-46(42)39-49)60(40-48)61(56-27-13-19-43-16-5-6-20-51(43)56)50-35-32-44(33-36-50)52-21-7-10-24-57(52)62-58-25-11-8-22-54(58)55-23-9-12-26-59(55)62/h1-40H. The lowest BCUT2D eigenvalue weighted by Gasteiger charge is -2.30. The number of anilines is 3. The number of fused-ring (bicyclic) bond motifs is 6. The zero-order chi connectivity index (χ0) is 41.0. The summed E-state index contributed by atoms with van der Waals surface area (Å²) >= 11 is 0. The van der Waals surface area contributed by atoms with Crippen molar-refractivity contribution in [1.82, 2.24) is 4.57 Å². The molecule has 0 bridgehead atoms. The molecule has 0 amide bonds. The third-order valence-electron chi connectivity index (χ3n) is 12.6. The van der Waals surface area contributed by atoms with Crippen LogP contribution in [-0.2, 0) is 0 Å². The molecule has 11 aromatic carbocycles. The largest absolute Gasteiger partial charge is 0.309 e. The predicted octanol–water partition coefficient (Wildman–Crippen LogP) is 16.7. The van der Waals surface area contributed by atoms with Crippen molar-refractivity contribution in [3.8, 4) is 39.1 Å². The minimum atomic E-state index is 1.08. The number of hydrogen-bond donors (Lipinski definition) is 0. The predicted molar refractivity (Wildman–Crippen MR) is 264 cm³/mol. The molecule has 1 heterocycles. The normalized spacial score (nSPS) is 11.5. The van der Waals surface area contributed by atoms with E-state index in [0.29, 0.717) is 0 Å². The molecule has 0 aliphatic rings. The molecular weight excluding hydrogens is 749 g/mol. The minimum absolute atomic E-state index is 1.08. The van der Waals surface area contributed by atoms with Crippen LogP contribution in [0.2, 0.25) is 0 Å². The lowest BCUT2D eigenvalue weighted by molar-refractivity contribution is 1.18. The highest BCUT2D eigenvalue weighted by atomic mass is 15.1. The first-order chi connectivity index (χ1) is 30.7. The fourth-order valence-corrected chi connectivity index (χ4v) is 9.56. The van der Waals surface area contributed by atoms with Crippen molar-refractivity contribution in [2.45, 2.75) is 0 Å². The number of benzene rings is 11. The Bertz CT molecular complexity index is 3590. The number of hydrogen-bond acceptors (Lipinski definition) is 1. The van der Waals surface area contributed by atoms with Crippen LogP contribution in [0.5, 0.6) is 0 Å². The van der Waals surface area contributed by atoms with Gasteiger partial charge in [0.05, 0.1) is 28.1 Å². The van der Waals surface area contributed by atoms with Crippen LogP contribution in [0.4, 0.5) is 17.1 Å². The van der Waals surface area contributed by atoms with E-state index in [2.05, 4.69) is 252 Å². The summed E-state index contributed by atoms with van der Waals surface area (Å²) < 4.78 is 2.42. The van der Waals surface area contributed by atoms with Crippen molar-refractivity contribution in [1.29, 1.82) is 0 Å². The molecule has 0 fully saturated rings. The van der Waals surface area contributed by atoms with E-state index in [4.69, 9.17) is 0 Å². The van der Waals surface area contributed by atoms with Gasteiger partial charge < -0.3 is 9.47 Å². The average Bonchev–Trinajstić information content (AvgIpc) is 3.68. The highest BCUT2D eigenvalue weighted by Gasteiger charge is 2.22. The van der Waals surface area contributed by atoms with Gasteiger partial charge in [-0.15, -0.1) is 0 Å². The molecule has 290 valence electrons. The van der Waals surface area contributed by atoms with Crippen molar-refractivity contribution < 1.29 is 0 Å². The summed E-state index contributed by atoms with van der Waals surface area (Å²) in [6, 6.07) is 88.7. The van der Waals surface area contributed by atoms with E-state index in [1.165, 1.54) is 70.8 Å². The topological polar surface area (TPSA) is 8.17 Å². The lowest BCUT2D eigenvalue weighted by Crippen LogP contribution is -2.12. The van der Waals surface area contributed by atoms with Crippen LogP contribution in [0.25, 0.3) is 93.2 Å². The molecule has 12 rings (SSSR count). The van der Waals surface area contributed by atoms with Crippen LogP contribution in [0.3, 0.4) is 0 Å². The summed E-state index contributed by atoms with van der Waals surface area (Å²) in [5.41, 5.74) is 13.9. The monoisotopic (exact) mass is 788 g/mol. The summed E-state index contributed by atoms with van der Waals surface area (Å²) in [7, 11) is 0. The Morgan fingerprint density at radius 1 is 0.274 bits per heavy atom.